The Morgan fingerprint density at radius 1 is 1.00 bits per heavy atom. The maximum atomic E-state index is 11.4. The molecule has 1 N–H and O–H groups in total. The van der Waals surface area contributed by atoms with E-state index in [4.69, 9.17) is 4.55 Å². The third-order valence-electron chi connectivity index (χ3n) is 2.20. The number of benzene rings is 1. The molecular weight excluding hydrogens is 255 g/mol. The molecule has 0 heterocycles. The second-order valence-corrected chi connectivity index (χ2v) is 4.61. The van der Waals surface area contributed by atoms with Crippen LogP contribution in [0.1, 0.15) is 15.9 Å². The summed E-state index contributed by atoms with van der Waals surface area (Å²) in [6, 6.07) is 5.73. The summed E-state index contributed by atoms with van der Waals surface area (Å²) in [4.78, 5) is 22.1. The molecule has 2 rings (SSSR count). The van der Waals surface area contributed by atoms with Gasteiger partial charge in [0, 0.05) is 17.2 Å². The summed E-state index contributed by atoms with van der Waals surface area (Å²) in [6.07, 6.45) is 0.639. The predicted molar refractivity (Wildman–Crippen MR) is 62.5 cm³/mol. The normalized spacial score (nSPS) is 14.8. The number of ketones is 2. The fourth-order valence-electron chi connectivity index (χ4n) is 1.50. The van der Waals surface area contributed by atoms with E-state index in [-0.39, 0.29) is 40.7 Å². The molecule has 0 aromatic heterocycles. The Morgan fingerprint density at radius 3 is 2.06 bits per heavy atom. The average molecular weight is 262 g/mol. The van der Waals surface area contributed by atoms with Crippen molar-refractivity contribution in [2.24, 2.45) is 0 Å². The van der Waals surface area contributed by atoms with E-state index in [0.717, 1.165) is 0 Å². The van der Waals surface area contributed by atoms with E-state index in [1.165, 1.54) is 24.3 Å². The Balaban J connectivity index is 0.00000144. The third kappa shape index (κ3) is 2.56. The van der Waals surface area contributed by atoms with Gasteiger partial charge < -0.3 is 0 Å². The van der Waals surface area contributed by atoms with Crippen molar-refractivity contribution >= 4 is 56.1 Å². The molecule has 0 saturated carbocycles. The fraction of sp³-hybridized carbons (Fsp3) is 0. The monoisotopic (exact) mass is 262 g/mol. The van der Waals surface area contributed by atoms with Crippen LogP contribution >= 0.6 is 0 Å². The van der Waals surface area contributed by atoms with Crippen LogP contribution in [0.15, 0.2) is 30.3 Å². The second kappa shape index (κ2) is 4.83. The molecule has 5 nitrogen and oxygen atoms in total. The molecule has 0 atom stereocenters. The first-order valence-corrected chi connectivity index (χ1v) is 5.72. The van der Waals surface area contributed by atoms with Crippen LogP contribution < -0.4 is 0 Å². The van der Waals surface area contributed by atoms with Crippen molar-refractivity contribution in [3.63, 3.8) is 0 Å². The Labute approximate surface area is 120 Å². The van der Waals surface area contributed by atoms with E-state index in [1.54, 1.807) is 0 Å². The van der Waals surface area contributed by atoms with Crippen molar-refractivity contribution in [1.82, 2.24) is 0 Å². The number of carbonyl (C=O) groups excluding carboxylic acids is 2. The minimum absolute atomic E-state index is 0. The van der Waals surface area contributed by atoms with Crippen LogP contribution in [0, 0.1) is 0 Å². The van der Waals surface area contributed by atoms with Gasteiger partial charge in [0.15, 0.2) is 0 Å². The van der Waals surface area contributed by atoms with Gasteiger partial charge in [0.05, 0.1) is 0 Å². The third-order valence-corrected chi connectivity index (χ3v) is 3.09. The zero-order valence-corrected chi connectivity index (χ0v) is 8.69. The van der Waals surface area contributed by atoms with E-state index in [0.29, 0.717) is 6.08 Å². The molecule has 1 aliphatic rings. The molecule has 1 aromatic carbocycles. The van der Waals surface area contributed by atoms with Gasteiger partial charge >= 0.3 is 29.6 Å². The molecule has 0 spiro atoms. The van der Waals surface area contributed by atoms with Gasteiger partial charge in [-0.05, 0) is 0 Å². The molecule has 0 saturated heterocycles. The van der Waals surface area contributed by atoms with Crippen LogP contribution in [0.25, 0.3) is 4.91 Å². The SMILES string of the molecule is O=C1C=C(S(=O)(=O)O)c2ccccc2C1=O.[NaH]. The van der Waals surface area contributed by atoms with Crippen LogP contribution in [0.3, 0.4) is 0 Å². The van der Waals surface area contributed by atoms with Crippen molar-refractivity contribution in [1.29, 1.82) is 0 Å². The van der Waals surface area contributed by atoms with Gasteiger partial charge in [-0.15, -0.1) is 0 Å². The summed E-state index contributed by atoms with van der Waals surface area (Å²) in [5.41, 5.74) is 0.0391. The topological polar surface area (TPSA) is 88.5 Å². The number of fused-ring (bicyclic) bond motifs is 1. The molecule has 0 radical (unpaired) electrons. The van der Waals surface area contributed by atoms with Crippen LogP contribution in [0.4, 0.5) is 0 Å². The summed E-state index contributed by atoms with van der Waals surface area (Å²) in [7, 11) is -4.51. The first-order valence-electron chi connectivity index (χ1n) is 4.28. The van der Waals surface area contributed by atoms with Gasteiger partial charge in [-0.3, -0.25) is 14.1 Å². The van der Waals surface area contributed by atoms with Crippen LogP contribution in [0.2, 0.25) is 0 Å². The molecule has 7 heteroatoms. The number of carbonyl (C=O) groups is 2. The van der Waals surface area contributed by atoms with Crippen molar-refractivity contribution in [3.05, 3.63) is 41.5 Å². The van der Waals surface area contributed by atoms with Crippen molar-refractivity contribution in [3.8, 4) is 0 Å². The van der Waals surface area contributed by atoms with E-state index in [9.17, 15) is 18.0 Å². The van der Waals surface area contributed by atoms with Gasteiger partial charge in [-0.1, -0.05) is 24.3 Å². The Morgan fingerprint density at radius 2 is 1.53 bits per heavy atom. The quantitative estimate of drug-likeness (QED) is 0.438. The first kappa shape index (κ1) is 14.3. The van der Waals surface area contributed by atoms with Crippen molar-refractivity contribution in [2.45, 2.75) is 0 Å². The van der Waals surface area contributed by atoms with Gasteiger partial charge in [-0.25, -0.2) is 0 Å². The summed E-state index contributed by atoms with van der Waals surface area (Å²) in [6.45, 7) is 0. The van der Waals surface area contributed by atoms with Gasteiger partial charge in [0.1, 0.15) is 4.91 Å². The standard InChI is InChI=1S/C10H6O5S.Na.H/c11-8-5-9(16(13,14)15)6-3-1-2-4-7(6)10(8)12;;/h1-5H,(H,13,14,15);;. The van der Waals surface area contributed by atoms with E-state index in [1.807, 2.05) is 0 Å². The van der Waals surface area contributed by atoms with Crippen LogP contribution in [-0.4, -0.2) is 54.1 Å². The van der Waals surface area contributed by atoms with Gasteiger partial charge in [0.2, 0.25) is 11.6 Å². The fourth-order valence-corrected chi connectivity index (χ4v) is 2.22. The number of allylic oxidation sites excluding steroid dienone is 1. The summed E-state index contributed by atoms with van der Waals surface area (Å²) in [5.74, 6) is -1.73. The molecule has 0 fully saturated rings. The Bertz CT molecular complexity index is 630. The summed E-state index contributed by atoms with van der Waals surface area (Å²) in [5, 5.41) is 0. The van der Waals surface area contributed by atoms with Crippen LogP contribution in [-0.2, 0) is 14.9 Å². The first-order chi connectivity index (χ1) is 7.41. The average Bonchev–Trinajstić information content (AvgIpc) is 2.22. The minimum atomic E-state index is -4.51. The van der Waals surface area contributed by atoms with E-state index >= 15 is 0 Å². The van der Waals surface area contributed by atoms with Crippen molar-refractivity contribution < 1.29 is 22.6 Å². The second-order valence-electron chi connectivity index (χ2n) is 3.22. The molecule has 0 aliphatic heterocycles. The van der Waals surface area contributed by atoms with Crippen LogP contribution in [0.5, 0.6) is 0 Å². The number of hydrogen-bond acceptors (Lipinski definition) is 4. The van der Waals surface area contributed by atoms with E-state index in [2.05, 4.69) is 0 Å². The maximum absolute atomic E-state index is 11.4. The molecular formula is C10H7NaO5S. The van der Waals surface area contributed by atoms with E-state index < -0.39 is 26.6 Å². The molecule has 0 bridgehead atoms. The number of hydrogen-bond donors (Lipinski definition) is 1. The molecule has 1 aromatic rings. The van der Waals surface area contributed by atoms with Gasteiger partial charge in [0.25, 0.3) is 10.1 Å². The molecule has 84 valence electrons. The van der Waals surface area contributed by atoms with Crippen molar-refractivity contribution in [2.75, 3.05) is 0 Å². The summed E-state index contributed by atoms with van der Waals surface area (Å²) < 4.78 is 31.0. The zero-order valence-electron chi connectivity index (χ0n) is 7.88. The predicted octanol–water partition coefficient (Wildman–Crippen LogP) is 0.0322. The Kier molecular flexibility index (Phi) is 4.06. The number of Topliss-reactive ketones (excluding diaryl/α,β-unsaturated/α-hetero) is 1. The molecule has 17 heavy (non-hydrogen) atoms. The van der Waals surface area contributed by atoms with Gasteiger partial charge in [-0.2, -0.15) is 8.42 Å². The Hall–Kier alpha value is -0.790. The molecule has 0 unspecified atom stereocenters. The summed E-state index contributed by atoms with van der Waals surface area (Å²) >= 11 is 0. The molecule has 1 aliphatic carbocycles. The number of rotatable bonds is 1. The zero-order chi connectivity index (χ0) is 11.9. The molecule has 0 amide bonds.